The maximum absolute atomic E-state index is 11.9. The van der Waals surface area contributed by atoms with Gasteiger partial charge in [0, 0.05) is 6.42 Å². The van der Waals surface area contributed by atoms with E-state index in [-0.39, 0.29) is 6.42 Å². The van der Waals surface area contributed by atoms with E-state index in [1.807, 2.05) is 0 Å². The quantitative estimate of drug-likeness (QED) is 0.300. The monoisotopic (exact) mass is 362 g/mol. The lowest BCUT2D eigenvalue weighted by Crippen LogP contribution is -2.60. The van der Waals surface area contributed by atoms with E-state index in [1.165, 1.54) is 13.0 Å². The second-order valence-corrected chi connectivity index (χ2v) is 6.90. The molecule has 1 saturated carbocycles. The molecule has 3 aliphatic rings. The van der Waals surface area contributed by atoms with Gasteiger partial charge in [0.1, 0.15) is 17.8 Å². The fourth-order valence-electron chi connectivity index (χ4n) is 3.72. The first-order valence-electron chi connectivity index (χ1n) is 7.89. The highest BCUT2D eigenvalue weighted by Gasteiger charge is 2.64. The molecule has 0 amide bonds. The molecule has 0 unspecified atom stereocenters. The fourth-order valence-corrected chi connectivity index (χ4v) is 3.72. The number of fused-ring (bicyclic) bond motifs is 1. The van der Waals surface area contributed by atoms with Crippen LogP contribution in [0.4, 0.5) is 0 Å². The van der Waals surface area contributed by atoms with Crippen molar-refractivity contribution in [3.05, 3.63) is 12.3 Å². The topological polar surface area (TPSA) is 166 Å². The summed E-state index contributed by atoms with van der Waals surface area (Å²) in [6.45, 7) is 0.704. The van der Waals surface area contributed by atoms with Crippen LogP contribution >= 0.6 is 0 Å². The summed E-state index contributed by atoms with van der Waals surface area (Å²) in [6, 6.07) is 0. The Hall–Kier alpha value is -1.11. The minimum absolute atomic E-state index is 0.146. The maximum Gasteiger partial charge on any atom is 0.210 e. The SMILES string of the molecule is C[C@]1(O)C[C@@H](O)[C@@]2(O)C=CO[C@@H](O[C@@H]3O[C@H](CO)[C@@H](O)C(=O)[C@H]3O)[C@@H]21. The number of aliphatic hydroxyl groups excluding tert-OH is 4. The number of ether oxygens (including phenoxy) is 3. The number of rotatable bonds is 3. The Balaban J connectivity index is 1.83. The highest BCUT2D eigenvalue weighted by molar-refractivity contribution is 5.88. The molecule has 6 N–H and O–H groups in total. The predicted octanol–water partition coefficient (Wildman–Crippen LogP) is -3.26. The number of Topliss-reactive ketones (excluding diaryl/α,β-unsaturated/α-hetero) is 1. The molecule has 2 aliphatic heterocycles. The van der Waals surface area contributed by atoms with E-state index in [2.05, 4.69) is 0 Å². The Bertz CT molecular complexity index is 563. The Kier molecular flexibility index (Phi) is 4.67. The van der Waals surface area contributed by atoms with Gasteiger partial charge in [0.25, 0.3) is 0 Å². The van der Waals surface area contributed by atoms with E-state index in [9.17, 15) is 30.3 Å². The zero-order valence-electron chi connectivity index (χ0n) is 13.4. The van der Waals surface area contributed by atoms with Crippen molar-refractivity contribution in [2.24, 2.45) is 5.92 Å². The van der Waals surface area contributed by atoms with Crippen LogP contribution in [0.5, 0.6) is 0 Å². The lowest BCUT2D eigenvalue weighted by atomic mass is 9.81. The van der Waals surface area contributed by atoms with Crippen LogP contribution in [0.3, 0.4) is 0 Å². The molecule has 2 fully saturated rings. The van der Waals surface area contributed by atoms with Crippen molar-refractivity contribution in [1.82, 2.24) is 0 Å². The van der Waals surface area contributed by atoms with Crippen LogP contribution in [0, 0.1) is 5.92 Å². The normalized spacial score (nSPS) is 52.8. The van der Waals surface area contributed by atoms with E-state index >= 15 is 0 Å². The molecule has 10 heteroatoms. The first kappa shape index (κ1) is 18.7. The molecular weight excluding hydrogens is 340 g/mol. The van der Waals surface area contributed by atoms with E-state index in [0.29, 0.717) is 0 Å². The largest absolute Gasteiger partial charge is 0.472 e. The standard InChI is InChI=1S/C15H22O10/c1-14(21)4-7(17)15(22)2-3-23-13(11(14)15)25-12-10(20)9(19)8(18)6(5-16)24-12/h2-3,6-8,10-13,16-18,20-22H,4-5H2,1H3/t6-,7-,8-,10-,11-,12+,13+,14+,15+/m1/s1. The molecule has 0 aromatic rings. The smallest absolute Gasteiger partial charge is 0.210 e. The lowest BCUT2D eigenvalue weighted by Gasteiger charge is -2.43. The average molecular weight is 362 g/mol. The summed E-state index contributed by atoms with van der Waals surface area (Å²) in [5, 5.41) is 60.0. The Morgan fingerprint density at radius 3 is 2.56 bits per heavy atom. The van der Waals surface area contributed by atoms with Gasteiger partial charge in [-0.1, -0.05) is 0 Å². The number of carbonyl (C=O) groups excluding carboxylic acids is 1. The third-order valence-corrected chi connectivity index (χ3v) is 5.08. The highest BCUT2D eigenvalue weighted by atomic mass is 16.8. The van der Waals surface area contributed by atoms with Gasteiger partial charge in [-0.25, -0.2) is 0 Å². The van der Waals surface area contributed by atoms with Crippen molar-refractivity contribution in [2.75, 3.05) is 6.61 Å². The van der Waals surface area contributed by atoms with Crippen LogP contribution in [0.1, 0.15) is 13.3 Å². The fraction of sp³-hybridized carbons (Fsp3) is 0.800. The van der Waals surface area contributed by atoms with Gasteiger partial charge < -0.3 is 44.8 Å². The molecule has 10 nitrogen and oxygen atoms in total. The first-order valence-corrected chi connectivity index (χ1v) is 7.89. The van der Waals surface area contributed by atoms with E-state index in [0.717, 1.165) is 6.26 Å². The zero-order valence-corrected chi connectivity index (χ0v) is 13.4. The number of hydrogen-bond donors (Lipinski definition) is 6. The van der Waals surface area contributed by atoms with Gasteiger partial charge >= 0.3 is 0 Å². The number of aliphatic hydroxyl groups is 6. The molecule has 3 rings (SSSR count). The molecule has 0 radical (unpaired) electrons. The summed E-state index contributed by atoms with van der Waals surface area (Å²) < 4.78 is 15.9. The number of carbonyl (C=O) groups is 1. The summed E-state index contributed by atoms with van der Waals surface area (Å²) in [6.07, 6.45) is -6.94. The van der Waals surface area contributed by atoms with E-state index in [4.69, 9.17) is 19.3 Å². The Morgan fingerprint density at radius 2 is 1.92 bits per heavy atom. The van der Waals surface area contributed by atoms with Crippen LogP contribution in [-0.4, -0.2) is 91.2 Å². The van der Waals surface area contributed by atoms with Gasteiger partial charge in [0.15, 0.2) is 18.2 Å². The third kappa shape index (κ3) is 2.88. The maximum atomic E-state index is 11.9. The molecule has 142 valence electrons. The van der Waals surface area contributed by atoms with Gasteiger partial charge in [-0.15, -0.1) is 0 Å². The molecule has 0 bridgehead atoms. The van der Waals surface area contributed by atoms with Gasteiger partial charge in [-0.2, -0.15) is 0 Å². The number of hydrogen-bond acceptors (Lipinski definition) is 10. The van der Waals surface area contributed by atoms with Gasteiger partial charge in [-0.05, 0) is 13.0 Å². The van der Waals surface area contributed by atoms with Gasteiger partial charge in [0.05, 0.1) is 30.5 Å². The van der Waals surface area contributed by atoms with Crippen molar-refractivity contribution in [2.45, 2.75) is 61.5 Å². The van der Waals surface area contributed by atoms with Gasteiger partial charge in [-0.3, -0.25) is 4.79 Å². The molecule has 0 aromatic heterocycles. The van der Waals surface area contributed by atoms with Crippen molar-refractivity contribution in [3.8, 4) is 0 Å². The average Bonchev–Trinajstić information content (AvgIpc) is 2.73. The van der Waals surface area contributed by atoms with Crippen LogP contribution in [0.25, 0.3) is 0 Å². The second-order valence-electron chi connectivity index (χ2n) is 6.90. The summed E-state index contributed by atoms with van der Waals surface area (Å²) in [7, 11) is 0. The Labute approximate surface area is 142 Å². The highest BCUT2D eigenvalue weighted by Crippen LogP contribution is 2.49. The molecule has 1 aliphatic carbocycles. The molecule has 0 aromatic carbocycles. The van der Waals surface area contributed by atoms with E-state index in [1.54, 1.807) is 0 Å². The van der Waals surface area contributed by atoms with Crippen LogP contribution in [0.2, 0.25) is 0 Å². The predicted molar refractivity (Wildman–Crippen MR) is 77.6 cm³/mol. The summed E-state index contributed by atoms with van der Waals surface area (Å²) in [5.74, 6) is -2.12. The van der Waals surface area contributed by atoms with Crippen molar-refractivity contribution >= 4 is 5.78 Å². The van der Waals surface area contributed by atoms with E-state index < -0.39 is 66.5 Å². The summed E-state index contributed by atoms with van der Waals surface area (Å²) in [5.41, 5.74) is -3.39. The van der Waals surface area contributed by atoms with Crippen molar-refractivity contribution in [3.63, 3.8) is 0 Å². The number of ketones is 1. The minimum atomic E-state index is -1.85. The molecule has 9 atom stereocenters. The van der Waals surface area contributed by atoms with Crippen LogP contribution < -0.4 is 0 Å². The molecule has 0 spiro atoms. The lowest BCUT2D eigenvalue weighted by molar-refractivity contribution is -0.324. The Morgan fingerprint density at radius 1 is 1.24 bits per heavy atom. The molecular formula is C15H22O10. The van der Waals surface area contributed by atoms with Crippen LogP contribution in [-0.2, 0) is 19.0 Å². The minimum Gasteiger partial charge on any atom is -0.472 e. The van der Waals surface area contributed by atoms with Crippen molar-refractivity contribution in [1.29, 1.82) is 0 Å². The first-order chi connectivity index (χ1) is 11.6. The third-order valence-electron chi connectivity index (χ3n) is 5.08. The molecule has 2 heterocycles. The molecule has 25 heavy (non-hydrogen) atoms. The van der Waals surface area contributed by atoms with Crippen molar-refractivity contribution < 1.29 is 49.6 Å². The summed E-state index contributed by atoms with van der Waals surface area (Å²) >= 11 is 0. The molecule has 1 saturated heterocycles. The summed E-state index contributed by atoms with van der Waals surface area (Å²) in [4.78, 5) is 11.9. The second kappa shape index (κ2) is 6.25. The van der Waals surface area contributed by atoms with Gasteiger partial charge in [0.2, 0.25) is 6.29 Å². The zero-order chi connectivity index (χ0) is 18.6. The van der Waals surface area contributed by atoms with Crippen LogP contribution in [0.15, 0.2) is 12.3 Å².